The van der Waals surface area contributed by atoms with Crippen molar-refractivity contribution < 1.29 is 13.6 Å². The summed E-state index contributed by atoms with van der Waals surface area (Å²) in [6.07, 6.45) is 5.30. The van der Waals surface area contributed by atoms with Crippen molar-refractivity contribution in [2.24, 2.45) is 5.92 Å². The Balaban J connectivity index is 1.74. The lowest BCUT2D eigenvalue weighted by Gasteiger charge is -2.22. The van der Waals surface area contributed by atoms with Crippen molar-refractivity contribution in [1.29, 1.82) is 0 Å². The fraction of sp³-hybridized carbons (Fsp3) is 0.529. The summed E-state index contributed by atoms with van der Waals surface area (Å²) in [5.41, 5.74) is 1.73. The van der Waals surface area contributed by atoms with Crippen LogP contribution >= 0.6 is 0 Å². The maximum absolute atomic E-state index is 12.5. The van der Waals surface area contributed by atoms with Crippen LogP contribution in [0.1, 0.15) is 66.2 Å². The zero-order valence-electron chi connectivity index (χ0n) is 13.3. The zero-order chi connectivity index (χ0) is 15.7. The predicted molar refractivity (Wildman–Crippen MR) is 81.6 cm³/mol. The van der Waals surface area contributed by atoms with Gasteiger partial charge in [0.05, 0.1) is 18.0 Å². The van der Waals surface area contributed by atoms with Gasteiger partial charge in [0.15, 0.2) is 5.89 Å². The molecule has 0 aromatic carbocycles. The highest BCUT2D eigenvalue weighted by Gasteiger charge is 2.26. The monoisotopic (exact) mass is 302 g/mol. The SMILES string of the molecule is Cc1nc(CC(C)C)oc1C(=O)N[C@@H]1CCCc2occc21. The molecule has 118 valence electrons. The third kappa shape index (κ3) is 2.93. The number of carbonyl (C=O) groups excluding carboxylic acids is 1. The van der Waals surface area contributed by atoms with Gasteiger partial charge in [0.25, 0.3) is 5.91 Å². The molecule has 5 nitrogen and oxygen atoms in total. The highest BCUT2D eigenvalue weighted by atomic mass is 16.4. The van der Waals surface area contributed by atoms with E-state index < -0.39 is 0 Å². The number of hydrogen-bond donors (Lipinski definition) is 1. The third-order valence-corrected chi connectivity index (χ3v) is 3.99. The number of amides is 1. The largest absolute Gasteiger partial charge is 0.469 e. The molecule has 2 heterocycles. The van der Waals surface area contributed by atoms with Gasteiger partial charge in [-0.1, -0.05) is 13.8 Å². The van der Waals surface area contributed by atoms with Gasteiger partial charge in [-0.15, -0.1) is 0 Å². The molecule has 0 aliphatic heterocycles. The van der Waals surface area contributed by atoms with E-state index in [-0.39, 0.29) is 11.9 Å². The topological polar surface area (TPSA) is 68.3 Å². The number of carbonyl (C=O) groups is 1. The standard InChI is InChI=1S/C17H22N2O3/c1-10(2)9-15-18-11(3)16(22-15)17(20)19-13-5-4-6-14-12(13)7-8-21-14/h7-8,10,13H,4-6,9H2,1-3H3,(H,19,20)/t13-/m1/s1. The number of nitrogens with one attached hydrogen (secondary N) is 1. The summed E-state index contributed by atoms with van der Waals surface area (Å²) in [7, 11) is 0. The molecule has 1 aliphatic rings. The quantitative estimate of drug-likeness (QED) is 0.937. The van der Waals surface area contributed by atoms with Crippen LogP contribution in [-0.2, 0) is 12.8 Å². The molecule has 0 saturated heterocycles. The first-order valence-corrected chi connectivity index (χ1v) is 7.88. The van der Waals surface area contributed by atoms with Crippen LogP contribution in [0, 0.1) is 12.8 Å². The molecule has 0 fully saturated rings. The van der Waals surface area contributed by atoms with Crippen molar-refractivity contribution in [1.82, 2.24) is 10.3 Å². The van der Waals surface area contributed by atoms with Crippen LogP contribution in [0.15, 0.2) is 21.2 Å². The number of hydrogen-bond acceptors (Lipinski definition) is 4. The van der Waals surface area contributed by atoms with Crippen molar-refractivity contribution in [3.63, 3.8) is 0 Å². The molecule has 1 atom stereocenters. The van der Waals surface area contributed by atoms with Crippen molar-refractivity contribution in [2.45, 2.75) is 52.5 Å². The number of fused-ring (bicyclic) bond motifs is 1. The van der Waals surface area contributed by atoms with Crippen molar-refractivity contribution >= 4 is 5.91 Å². The van der Waals surface area contributed by atoms with Gasteiger partial charge in [0.2, 0.25) is 5.76 Å². The molecule has 2 aromatic rings. The van der Waals surface area contributed by atoms with Crippen LogP contribution in [0.2, 0.25) is 0 Å². The van der Waals surface area contributed by atoms with Gasteiger partial charge >= 0.3 is 0 Å². The van der Waals surface area contributed by atoms with E-state index in [4.69, 9.17) is 8.83 Å². The summed E-state index contributed by atoms with van der Waals surface area (Å²) in [6.45, 7) is 6.01. The predicted octanol–water partition coefficient (Wildman–Crippen LogP) is 3.58. The Bertz CT molecular complexity index is 669. The number of aryl methyl sites for hydroxylation is 2. The molecular formula is C17H22N2O3. The average molecular weight is 302 g/mol. The third-order valence-electron chi connectivity index (χ3n) is 3.99. The van der Waals surface area contributed by atoms with E-state index in [1.807, 2.05) is 13.0 Å². The first-order chi connectivity index (χ1) is 10.5. The minimum atomic E-state index is -0.195. The van der Waals surface area contributed by atoms with Crippen molar-refractivity contribution in [3.05, 3.63) is 41.0 Å². The van der Waals surface area contributed by atoms with E-state index in [0.29, 0.717) is 23.3 Å². The van der Waals surface area contributed by atoms with Gasteiger partial charge in [0, 0.05) is 18.4 Å². The van der Waals surface area contributed by atoms with Crippen LogP contribution in [0.5, 0.6) is 0 Å². The second-order valence-electron chi connectivity index (χ2n) is 6.34. The van der Waals surface area contributed by atoms with Crippen LogP contribution in [0.3, 0.4) is 0 Å². The van der Waals surface area contributed by atoms with E-state index in [0.717, 1.165) is 37.0 Å². The molecule has 1 aliphatic carbocycles. The number of oxazole rings is 1. The molecule has 0 unspecified atom stereocenters. The van der Waals surface area contributed by atoms with Crippen molar-refractivity contribution in [2.75, 3.05) is 0 Å². The van der Waals surface area contributed by atoms with Crippen LogP contribution < -0.4 is 5.32 Å². The smallest absolute Gasteiger partial charge is 0.289 e. The number of nitrogens with zero attached hydrogens (tertiary/aromatic N) is 1. The van der Waals surface area contributed by atoms with Gasteiger partial charge in [-0.3, -0.25) is 4.79 Å². The zero-order valence-corrected chi connectivity index (χ0v) is 13.3. The summed E-state index contributed by atoms with van der Waals surface area (Å²) in [5.74, 6) is 2.18. The highest BCUT2D eigenvalue weighted by molar-refractivity contribution is 5.92. The molecule has 0 bridgehead atoms. The minimum absolute atomic E-state index is 0.00644. The second-order valence-corrected chi connectivity index (χ2v) is 6.34. The van der Waals surface area contributed by atoms with Gasteiger partial charge < -0.3 is 14.2 Å². The number of aromatic nitrogens is 1. The van der Waals surface area contributed by atoms with E-state index in [2.05, 4.69) is 24.1 Å². The van der Waals surface area contributed by atoms with Gasteiger partial charge in [-0.05, 0) is 31.7 Å². The summed E-state index contributed by atoms with van der Waals surface area (Å²) in [6, 6.07) is 1.93. The lowest BCUT2D eigenvalue weighted by molar-refractivity contribution is 0.0901. The Hall–Kier alpha value is -2.04. The van der Waals surface area contributed by atoms with Crippen molar-refractivity contribution in [3.8, 4) is 0 Å². The van der Waals surface area contributed by atoms with Gasteiger partial charge in [-0.25, -0.2) is 4.98 Å². The molecule has 1 amide bonds. The molecule has 22 heavy (non-hydrogen) atoms. The number of rotatable bonds is 4. The maximum atomic E-state index is 12.5. The Labute approximate surface area is 130 Å². The Kier molecular flexibility index (Phi) is 4.05. The Morgan fingerprint density at radius 1 is 1.50 bits per heavy atom. The van der Waals surface area contributed by atoms with Gasteiger partial charge in [-0.2, -0.15) is 0 Å². The molecule has 0 spiro atoms. The summed E-state index contributed by atoms with van der Waals surface area (Å²) >= 11 is 0. The average Bonchev–Trinajstić information content (AvgIpc) is 3.05. The van der Waals surface area contributed by atoms with Crippen LogP contribution in [0.25, 0.3) is 0 Å². The van der Waals surface area contributed by atoms with Crippen LogP contribution in [-0.4, -0.2) is 10.9 Å². The fourth-order valence-electron chi connectivity index (χ4n) is 2.96. The molecule has 0 saturated carbocycles. The molecular weight excluding hydrogens is 280 g/mol. The highest BCUT2D eigenvalue weighted by Crippen LogP contribution is 2.30. The van der Waals surface area contributed by atoms with E-state index in [1.165, 1.54) is 0 Å². The molecule has 2 aromatic heterocycles. The molecule has 0 radical (unpaired) electrons. The normalized spacial score (nSPS) is 17.5. The lowest BCUT2D eigenvalue weighted by Crippen LogP contribution is -2.30. The van der Waals surface area contributed by atoms with Gasteiger partial charge in [0.1, 0.15) is 5.76 Å². The fourth-order valence-corrected chi connectivity index (χ4v) is 2.96. The molecule has 3 rings (SSSR count). The van der Waals surface area contributed by atoms with Crippen LogP contribution in [0.4, 0.5) is 0 Å². The summed E-state index contributed by atoms with van der Waals surface area (Å²) < 4.78 is 11.1. The molecule has 5 heteroatoms. The van der Waals surface area contributed by atoms with E-state index >= 15 is 0 Å². The Morgan fingerprint density at radius 3 is 3.09 bits per heavy atom. The number of furan rings is 1. The maximum Gasteiger partial charge on any atom is 0.289 e. The first kappa shape index (κ1) is 14.9. The minimum Gasteiger partial charge on any atom is -0.469 e. The summed E-state index contributed by atoms with van der Waals surface area (Å²) in [5, 5.41) is 3.05. The molecule has 1 N–H and O–H groups in total. The first-order valence-electron chi connectivity index (χ1n) is 7.88. The van der Waals surface area contributed by atoms with E-state index in [1.54, 1.807) is 6.26 Å². The lowest BCUT2D eigenvalue weighted by atomic mass is 9.93. The second kappa shape index (κ2) is 5.99. The van der Waals surface area contributed by atoms with E-state index in [9.17, 15) is 4.79 Å². The Morgan fingerprint density at radius 2 is 2.32 bits per heavy atom. The summed E-state index contributed by atoms with van der Waals surface area (Å²) in [4.78, 5) is 16.8.